The molecular weight excluding hydrogens is 494 g/mol. The highest BCUT2D eigenvalue weighted by atomic mass is 28.1. The van der Waals surface area contributed by atoms with Gasteiger partial charge < -0.3 is 14.6 Å². The predicted molar refractivity (Wildman–Crippen MR) is 152 cm³/mol. The van der Waals surface area contributed by atoms with Crippen molar-refractivity contribution in [2.45, 2.75) is 18.9 Å². The van der Waals surface area contributed by atoms with Crippen LogP contribution in [0.25, 0.3) is 22.1 Å². The Labute approximate surface area is 222 Å². The van der Waals surface area contributed by atoms with Crippen molar-refractivity contribution >= 4 is 55.5 Å². The maximum absolute atomic E-state index is 12.8. The monoisotopic (exact) mass is 521 g/mol. The van der Waals surface area contributed by atoms with Crippen LogP contribution < -0.4 is 15.0 Å². The molecule has 1 saturated heterocycles. The van der Waals surface area contributed by atoms with Gasteiger partial charge in [0, 0.05) is 46.2 Å². The number of anilines is 3. The number of nitrogens with one attached hydrogen (secondary N) is 1. The molecule has 0 spiro atoms. The molecule has 4 heterocycles. The zero-order chi connectivity index (χ0) is 26.6. The van der Waals surface area contributed by atoms with Crippen LogP contribution in [0, 0.1) is 6.92 Å². The first-order valence-corrected chi connectivity index (χ1v) is 13.3. The molecule has 0 bridgehead atoms. The fourth-order valence-electron chi connectivity index (χ4n) is 4.66. The van der Waals surface area contributed by atoms with Crippen LogP contribution in [0.15, 0.2) is 73.3 Å². The lowest BCUT2D eigenvalue weighted by Crippen LogP contribution is -2.26. The largest absolute Gasteiger partial charge is 0.457 e. The number of amides is 1. The van der Waals surface area contributed by atoms with E-state index >= 15 is 0 Å². The molecule has 3 aromatic heterocycles. The number of carbonyl (C=O) groups is 1. The first-order chi connectivity index (χ1) is 18.2. The summed E-state index contributed by atoms with van der Waals surface area (Å²) >= 11 is 0. The maximum atomic E-state index is 12.8. The third-order valence-corrected chi connectivity index (χ3v) is 7.90. The van der Waals surface area contributed by atoms with Crippen molar-refractivity contribution in [2.24, 2.45) is 7.05 Å². The third-order valence-electron chi connectivity index (χ3n) is 6.98. The second-order valence-electron chi connectivity index (χ2n) is 10.2. The van der Waals surface area contributed by atoms with Gasteiger partial charge in [0.25, 0.3) is 5.91 Å². The Morgan fingerprint density at radius 3 is 2.68 bits per heavy atom. The summed E-state index contributed by atoms with van der Waals surface area (Å²) in [4.78, 5) is 32.5. The van der Waals surface area contributed by atoms with E-state index in [1.807, 2.05) is 67.1 Å². The van der Waals surface area contributed by atoms with Crippen LogP contribution in [0.2, 0.25) is 5.04 Å². The van der Waals surface area contributed by atoms with E-state index in [0.717, 1.165) is 44.0 Å². The Bertz CT molecular complexity index is 1760. The summed E-state index contributed by atoms with van der Waals surface area (Å²) < 4.78 is 8.13. The van der Waals surface area contributed by atoms with E-state index in [1.165, 1.54) is 6.33 Å². The Kier molecular flexibility index (Phi) is 5.49. The third kappa shape index (κ3) is 4.08. The normalized spacial score (nSPS) is 17.6. The molecule has 2 aromatic carbocycles. The molecule has 0 saturated carbocycles. The molecule has 0 unspecified atom stereocenters. The van der Waals surface area contributed by atoms with Crippen LogP contribution in [0.5, 0.6) is 11.5 Å². The number of pyridine rings is 1. The number of hydrogen-bond donors (Lipinski definition) is 1. The van der Waals surface area contributed by atoms with Crippen molar-refractivity contribution < 1.29 is 9.53 Å². The fraction of sp³-hybridized carbons (Fsp3) is 0.179. The minimum atomic E-state index is -0.174. The smallest absolute Gasteiger partial charge is 0.255 e. The fourth-order valence-corrected chi connectivity index (χ4v) is 5.19. The first-order valence-electron chi connectivity index (χ1n) is 12.3. The Balaban J connectivity index is 1.27. The van der Waals surface area contributed by atoms with Gasteiger partial charge in [-0.05, 0) is 55.0 Å². The Hall–Kier alpha value is -4.57. The van der Waals surface area contributed by atoms with Gasteiger partial charge in [0.15, 0.2) is 5.82 Å². The second kappa shape index (κ2) is 8.77. The molecule has 190 valence electrons. The minimum absolute atomic E-state index is 0.0749. The van der Waals surface area contributed by atoms with Crippen molar-refractivity contribution in [2.75, 3.05) is 16.8 Å². The van der Waals surface area contributed by atoms with E-state index in [9.17, 15) is 4.79 Å². The van der Waals surface area contributed by atoms with E-state index in [-0.39, 0.29) is 10.9 Å². The molecule has 0 radical (unpaired) electrons. The number of rotatable bonds is 5. The van der Waals surface area contributed by atoms with Gasteiger partial charge in [-0.3, -0.25) is 9.69 Å². The van der Waals surface area contributed by atoms with E-state index in [4.69, 9.17) is 9.72 Å². The van der Waals surface area contributed by atoms with E-state index in [2.05, 4.69) is 33.8 Å². The number of hydrogen-bond acceptors (Lipinski definition) is 7. The van der Waals surface area contributed by atoms with Crippen LogP contribution in [0.1, 0.15) is 12.5 Å². The SMILES string of the molecule is C=C1C(=O)N(c2ccc3ncnc(Nc4ccc(Oc5ccc6c(c5)ncn6C)c(C)c4)c3n2)C[C@]1(C)[SiH3]. The number of carbonyl (C=O) groups excluding carboxylic acids is 1. The summed E-state index contributed by atoms with van der Waals surface area (Å²) in [6, 6.07) is 15.4. The molecule has 38 heavy (non-hydrogen) atoms. The van der Waals surface area contributed by atoms with Crippen molar-refractivity contribution in [3.05, 3.63) is 78.9 Å². The molecule has 1 fully saturated rings. The van der Waals surface area contributed by atoms with Crippen LogP contribution >= 0.6 is 0 Å². The van der Waals surface area contributed by atoms with E-state index < -0.39 is 0 Å². The molecule has 1 N–H and O–H groups in total. The zero-order valence-corrected chi connectivity index (χ0v) is 23.7. The number of benzene rings is 2. The van der Waals surface area contributed by atoms with Crippen LogP contribution in [0.4, 0.5) is 17.3 Å². The van der Waals surface area contributed by atoms with E-state index in [0.29, 0.717) is 34.8 Å². The molecule has 10 heteroatoms. The predicted octanol–water partition coefficient (Wildman–Crippen LogP) is 4.20. The highest BCUT2D eigenvalue weighted by Gasteiger charge is 2.40. The van der Waals surface area contributed by atoms with Gasteiger partial charge in [0.2, 0.25) is 0 Å². The van der Waals surface area contributed by atoms with Gasteiger partial charge >= 0.3 is 0 Å². The summed E-state index contributed by atoms with van der Waals surface area (Å²) in [6.45, 7) is 8.67. The molecule has 1 aliphatic rings. The van der Waals surface area contributed by atoms with Gasteiger partial charge in [-0.25, -0.2) is 19.9 Å². The molecule has 0 aliphatic carbocycles. The van der Waals surface area contributed by atoms with Crippen molar-refractivity contribution in [3.8, 4) is 11.5 Å². The maximum Gasteiger partial charge on any atom is 0.255 e. The molecule has 1 atom stereocenters. The van der Waals surface area contributed by atoms with Gasteiger partial charge in [0.05, 0.1) is 22.9 Å². The Morgan fingerprint density at radius 1 is 1.08 bits per heavy atom. The molecule has 1 amide bonds. The van der Waals surface area contributed by atoms with Crippen LogP contribution in [0.3, 0.4) is 0 Å². The highest BCUT2D eigenvalue weighted by Crippen LogP contribution is 2.40. The zero-order valence-electron chi connectivity index (χ0n) is 21.7. The van der Waals surface area contributed by atoms with Gasteiger partial charge in [0.1, 0.15) is 29.2 Å². The molecule has 1 aliphatic heterocycles. The minimum Gasteiger partial charge on any atom is -0.457 e. The van der Waals surface area contributed by atoms with Crippen LogP contribution in [-0.2, 0) is 11.8 Å². The van der Waals surface area contributed by atoms with Crippen molar-refractivity contribution in [1.29, 1.82) is 0 Å². The number of nitrogens with zero attached hydrogens (tertiary/aromatic N) is 6. The number of ether oxygens (including phenoxy) is 1. The van der Waals surface area contributed by atoms with Gasteiger partial charge in [-0.15, -0.1) is 0 Å². The van der Waals surface area contributed by atoms with Crippen molar-refractivity contribution in [3.63, 3.8) is 0 Å². The summed E-state index contributed by atoms with van der Waals surface area (Å²) in [5.74, 6) is 2.53. The average molecular weight is 522 g/mol. The Morgan fingerprint density at radius 2 is 1.92 bits per heavy atom. The number of fused-ring (bicyclic) bond motifs is 2. The van der Waals surface area contributed by atoms with Gasteiger partial charge in [-0.1, -0.05) is 13.5 Å². The summed E-state index contributed by atoms with van der Waals surface area (Å²) in [7, 11) is 2.80. The number of aromatic nitrogens is 5. The summed E-state index contributed by atoms with van der Waals surface area (Å²) in [5.41, 5.74) is 5.64. The van der Waals surface area contributed by atoms with E-state index in [1.54, 1.807) is 11.2 Å². The molecule has 5 aromatic rings. The second-order valence-corrected chi connectivity index (χ2v) is 12.4. The standard InChI is InChI=1S/C28H27N7O2Si/c1-16-11-18(5-9-23(16)37-19-6-8-22-21(12-19)31-15-34(22)4)32-26-25-20(29-14-30-26)7-10-24(33-25)35-13-28(3,38)17(2)27(35)36/h5-12,14-15H,2,13H2,1,3-4,38H3,(H,29,30,32)/t28-/m0/s1. The van der Waals surface area contributed by atoms with Crippen molar-refractivity contribution in [1.82, 2.24) is 24.5 Å². The van der Waals surface area contributed by atoms with Crippen LogP contribution in [-0.4, -0.2) is 47.2 Å². The lowest BCUT2D eigenvalue weighted by molar-refractivity contribution is -0.114. The lowest BCUT2D eigenvalue weighted by atomic mass is 10.1. The summed E-state index contributed by atoms with van der Waals surface area (Å²) in [5, 5.41) is 3.19. The number of imidazole rings is 1. The highest BCUT2D eigenvalue weighted by molar-refractivity contribution is 6.27. The first kappa shape index (κ1) is 23.8. The molecule has 9 nitrogen and oxygen atoms in total. The topological polar surface area (TPSA) is 98.1 Å². The van der Waals surface area contributed by atoms with Gasteiger partial charge in [-0.2, -0.15) is 0 Å². The number of aryl methyl sites for hydroxylation is 2. The lowest BCUT2D eigenvalue weighted by Gasteiger charge is -2.19. The molecule has 6 rings (SSSR count). The molecular formula is C28H27N7O2Si. The quantitative estimate of drug-likeness (QED) is 0.273. The summed E-state index contributed by atoms with van der Waals surface area (Å²) in [6.07, 6.45) is 3.29. The average Bonchev–Trinajstić information content (AvgIpc) is 3.37.